The van der Waals surface area contributed by atoms with Gasteiger partial charge in [0.05, 0.1) is 0 Å². The third-order valence-electron chi connectivity index (χ3n) is 2.71. The number of nitrogens with zero attached hydrogens (tertiary/aromatic N) is 6. The largest absolute Gasteiger partial charge is 0.353 e. The number of fused-ring (bicyclic) bond motifs is 1. The van der Waals surface area contributed by atoms with Gasteiger partial charge in [0.15, 0.2) is 10.7 Å². The van der Waals surface area contributed by atoms with Crippen molar-refractivity contribution in [2.45, 2.75) is 0 Å². The van der Waals surface area contributed by atoms with Crippen LogP contribution in [0.5, 0.6) is 0 Å². The van der Waals surface area contributed by atoms with Gasteiger partial charge in [0.25, 0.3) is 10.1 Å². The molecule has 0 unspecified atom stereocenters. The lowest BCUT2D eigenvalue weighted by molar-refractivity contribution is 0.0979. The predicted octanol–water partition coefficient (Wildman–Crippen LogP) is 2.45. The number of azide groups is 2. The zero-order chi connectivity index (χ0) is 21.0. The van der Waals surface area contributed by atoms with Crippen molar-refractivity contribution in [2.75, 3.05) is 0 Å². The molecule has 0 amide bonds. The number of Topliss-reactive ketones (excluding diaryl/α,β-unsaturated/α-hetero) is 2. The van der Waals surface area contributed by atoms with E-state index in [2.05, 4.69) is 30.7 Å². The maximum absolute atomic E-state index is 12.3. The van der Waals surface area contributed by atoms with Gasteiger partial charge in [0, 0.05) is 37.3 Å². The molecule has 0 aliphatic heterocycles. The first-order valence-electron chi connectivity index (χ1n) is 6.04. The molecule has 0 radical (unpaired) electrons. The van der Waals surface area contributed by atoms with Crippen LogP contribution in [0.2, 0.25) is 0 Å². The van der Waals surface area contributed by atoms with Crippen molar-refractivity contribution >= 4 is 47.4 Å². The van der Waals surface area contributed by atoms with Crippen LogP contribution in [0.1, 0.15) is 20.7 Å². The highest BCUT2D eigenvalue weighted by Crippen LogP contribution is 2.35. The number of ketones is 2. The van der Waals surface area contributed by atoms with Crippen molar-refractivity contribution in [3.8, 4) is 0 Å². The summed E-state index contributed by atoms with van der Waals surface area (Å²) < 4.78 is 56.9. The molecule has 0 atom stereocenters. The van der Waals surface area contributed by atoms with Gasteiger partial charge in [-0.05, 0) is 11.1 Å². The quantitative estimate of drug-likeness (QED) is 0.233. The Morgan fingerprint density at radius 2 is 1.48 bits per heavy atom. The minimum Gasteiger partial charge on any atom is -0.289 e. The van der Waals surface area contributed by atoms with Crippen LogP contribution in [0.25, 0.3) is 20.9 Å². The topological polar surface area (TPSA) is 240 Å². The molecule has 1 aliphatic carbocycles. The average molecular weight is 437 g/mol. The van der Waals surface area contributed by atoms with Crippen LogP contribution < -0.4 is 0 Å². The standard InChI is InChI=1S/C10H4N6O5S.ClHO3S/c11-15-13-5-3-1-2-4-6(5)9(18)7(14-16-12)10(8(4)17)22(19,20)21;1-5(2,3)4/h1-3H,(H,19,20,21);(H,2,3,4). The van der Waals surface area contributed by atoms with E-state index in [1.54, 1.807) is 0 Å². The molecule has 1 aromatic carbocycles. The van der Waals surface area contributed by atoms with Crippen LogP contribution in [-0.2, 0) is 19.4 Å². The molecular formula is C10H5ClN6O8S2. The molecule has 1 aromatic rings. The molecular weight excluding hydrogens is 432 g/mol. The van der Waals surface area contributed by atoms with Gasteiger partial charge in [0.1, 0.15) is 5.70 Å². The third-order valence-corrected chi connectivity index (χ3v) is 3.60. The van der Waals surface area contributed by atoms with E-state index in [1.807, 2.05) is 0 Å². The van der Waals surface area contributed by atoms with Crippen LogP contribution in [0.4, 0.5) is 5.69 Å². The van der Waals surface area contributed by atoms with Crippen molar-refractivity contribution < 1.29 is 35.5 Å². The van der Waals surface area contributed by atoms with Gasteiger partial charge in [-0.25, -0.2) is 0 Å². The second-order valence-corrected chi connectivity index (χ2v) is 7.65. The summed E-state index contributed by atoms with van der Waals surface area (Å²) in [5.41, 5.74) is 14.8. The predicted molar refractivity (Wildman–Crippen MR) is 89.0 cm³/mol. The van der Waals surface area contributed by atoms with Crippen LogP contribution in [-0.4, -0.2) is 37.5 Å². The number of benzene rings is 1. The van der Waals surface area contributed by atoms with Crippen molar-refractivity contribution in [3.05, 3.63) is 60.8 Å². The third kappa shape index (κ3) is 5.50. The minimum atomic E-state index is -5.11. The van der Waals surface area contributed by atoms with E-state index in [0.717, 1.165) is 6.07 Å². The summed E-state index contributed by atoms with van der Waals surface area (Å²) in [6.45, 7) is 0. The summed E-state index contributed by atoms with van der Waals surface area (Å²) >= 11 is 0. The molecule has 14 nitrogen and oxygen atoms in total. The molecule has 1 aliphatic rings. The van der Waals surface area contributed by atoms with Crippen molar-refractivity contribution in [1.82, 2.24) is 0 Å². The molecule has 17 heteroatoms. The maximum Gasteiger partial charge on any atom is 0.353 e. The molecule has 2 rings (SSSR count). The lowest BCUT2D eigenvalue weighted by atomic mass is 9.91. The molecule has 2 N–H and O–H groups in total. The number of carbonyl (C=O) groups excluding carboxylic acids is 2. The highest BCUT2D eigenvalue weighted by Gasteiger charge is 2.39. The Labute approximate surface area is 154 Å². The van der Waals surface area contributed by atoms with Gasteiger partial charge in [-0.3, -0.25) is 18.7 Å². The fraction of sp³-hybridized carbons (Fsp3) is 0. The number of carbonyl (C=O) groups is 2. The Bertz CT molecular complexity index is 1170. The highest BCUT2D eigenvalue weighted by molar-refractivity contribution is 8.09. The molecule has 0 fully saturated rings. The average Bonchev–Trinajstić information content (AvgIpc) is 2.50. The zero-order valence-electron chi connectivity index (χ0n) is 12.5. The molecule has 0 saturated carbocycles. The van der Waals surface area contributed by atoms with Gasteiger partial charge >= 0.3 is 9.33 Å². The number of rotatable bonds is 3. The van der Waals surface area contributed by atoms with E-state index in [4.69, 9.17) is 28.6 Å². The molecule has 0 saturated heterocycles. The van der Waals surface area contributed by atoms with Crippen LogP contribution in [0.15, 0.2) is 39.0 Å². The van der Waals surface area contributed by atoms with Crippen LogP contribution >= 0.6 is 10.7 Å². The molecule has 27 heavy (non-hydrogen) atoms. The van der Waals surface area contributed by atoms with E-state index in [1.165, 1.54) is 12.1 Å². The van der Waals surface area contributed by atoms with Gasteiger partial charge < -0.3 is 0 Å². The number of hydrogen-bond acceptors (Lipinski definition) is 8. The Hall–Kier alpha value is -2.97. The Kier molecular flexibility index (Phi) is 6.66. The summed E-state index contributed by atoms with van der Waals surface area (Å²) in [6.07, 6.45) is 0. The zero-order valence-corrected chi connectivity index (χ0v) is 14.8. The Morgan fingerprint density at radius 3 is 1.93 bits per heavy atom. The summed E-state index contributed by atoms with van der Waals surface area (Å²) in [4.78, 5) is 27.9. The molecule has 0 aromatic heterocycles. The molecule has 0 spiro atoms. The fourth-order valence-corrected chi connectivity index (χ4v) is 2.65. The summed E-state index contributed by atoms with van der Waals surface area (Å²) in [5, 5.41) is 6.10. The van der Waals surface area contributed by atoms with E-state index < -0.39 is 47.2 Å². The minimum absolute atomic E-state index is 0.238. The number of halogens is 1. The monoisotopic (exact) mass is 436 g/mol. The number of hydrogen-bond donors (Lipinski definition) is 2. The first-order chi connectivity index (χ1) is 12.3. The highest BCUT2D eigenvalue weighted by atomic mass is 35.7. The van der Waals surface area contributed by atoms with Gasteiger partial charge in [0.2, 0.25) is 5.78 Å². The summed E-state index contributed by atoms with van der Waals surface area (Å²) in [6, 6.07) is 3.59. The summed E-state index contributed by atoms with van der Waals surface area (Å²) in [5.74, 6) is -2.39. The first-order valence-corrected chi connectivity index (χ1v) is 9.75. The second kappa shape index (κ2) is 8.15. The van der Waals surface area contributed by atoms with E-state index in [0.29, 0.717) is 0 Å². The van der Waals surface area contributed by atoms with Crippen molar-refractivity contribution in [3.63, 3.8) is 0 Å². The van der Waals surface area contributed by atoms with E-state index in [-0.39, 0.29) is 11.3 Å². The van der Waals surface area contributed by atoms with E-state index in [9.17, 15) is 18.0 Å². The van der Waals surface area contributed by atoms with E-state index >= 15 is 0 Å². The van der Waals surface area contributed by atoms with Crippen LogP contribution in [0, 0.1) is 0 Å². The first kappa shape index (κ1) is 22.1. The van der Waals surface area contributed by atoms with Gasteiger partial charge in [-0.15, -0.1) is 0 Å². The number of allylic oxidation sites excluding steroid dienone is 2. The lowest BCUT2D eigenvalue weighted by Gasteiger charge is -2.17. The Balaban J connectivity index is 0.000000646. The maximum atomic E-state index is 12.3. The Morgan fingerprint density at radius 1 is 0.963 bits per heavy atom. The van der Waals surface area contributed by atoms with Gasteiger partial charge in [-0.1, -0.05) is 28.4 Å². The van der Waals surface area contributed by atoms with Crippen molar-refractivity contribution in [2.24, 2.45) is 10.2 Å². The fourth-order valence-electron chi connectivity index (χ4n) is 1.93. The smallest absolute Gasteiger partial charge is 0.289 e. The normalized spacial score (nSPS) is 13.6. The SMILES string of the molecule is O=S(=O)(O)Cl.[N-]=[N+]=NC1=C(S(=O)(=O)O)C(=O)c2cccc(N=[N+]=[N-])c2C1=O. The molecule has 0 bridgehead atoms. The second-order valence-electron chi connectivity index (χ2n) is 4.30. The van der Waals surface area contributed by atoms with Crippen LogP contribution in [0.3, 0.4) is 0 Å². The van der Waals surface area contributed by atoms with Gasteiger partial charge in [-0.2, -0.15) is 16.8 Å². The van der Waals surface area contributed by atoms with Crippen molar-refractivity contribution in [1.29, 1.82) is 0 Å². The molecule has 142 valence electrons. The lowest BCUT2D eigenvalue weighted by Crippen LogP contribution is -2.25. The summed E-state index contributed by atoms with van der Waals surface area (Å²) in [7, 11) is -5.24. The molecule has 0 heterocycles.